The molecule has 3 aliphatic heterocycles. The number of piperidine rings is 3. The summed E-state index contributed by atoms with van der Waals surface area (Å²) >= 11 is 0. The second-order valence-electron chi connectivity index (χ2n) is 7.61. The van der Waals surface area contributed by atoms with Crippen molar-refractivity contribution in [2.24, 2.45) is 5.92 Å². The van der Waals surface area contributed by atoms with Gasteiger partial charge in [-0.1, -0.05) is 54.6 Å². The average Bonchev–Trinajstić information content (AvgIpc) is 2.75. The molecule has 146 valence electrons. The molecule has 0 aromatic heterocycles. The minimum absolute atomic E-state index is 0.00561. The van der Waals surface area contributed by atoms with Gasteiger partial charge < -0.3 is 10.1 Å². The molecule has 28 heavy (non-hydrogen) atoms. The maximum atomic E-state index is 12.8. The minimum atomic E-state index is -0.356. The van der Waals surface area contributed by atoms with E-state index in [1.807, 2.05) is 54.6 Å². The van der Waals surface area contributed by atoms with E-state index in [2.05, 4.69) is 10.2 Å². The van der Waals surface area contributed by atoms with Crippen LogP contribution in [0.5, 0.6) is 0 Å². The molecule has 5 rings (SSSR count). The number of alkyl carbamates (subject to hydrolysis) is 1. The third-order valence-electron chi connectivity index (χ3n) is 5.82. The van der Waals surface area contributed by atoms with Gasteiger partial charge in [-0.05, 0) is 43.8 Å². The molecule has 1 atom stereocenters. The summed E-state index contributed by atoms with van der Waals surface area (Å²) in [5.74, 6) is 0.506. The van der Waals surface area contributed by atoms with Gasteiger partial charge in [-0.25, -0.2) is 4.79 Å². The van der Waals surface area contributed by atoms with Crippen molar-refractivity contribution >= 4 is 11.9 Å². The summed E-state index contributed by atoms with van der Waals surface area (Å²) in [4.78, 5) is 27.3. The lowest BCUT2D eigenvalue weighted by Gasteiger charge is -2.43. The van der Waals surface area contributed by atoms with Crippen molar-refractivity contribution in [3.8, 4) is 0 Å². The largest absolute Gasteiger partial charge is 0.445 e. The van der Waals surface area contributed by atoms with E-state index in [-0.39, 0.29) is 18.0 Å². The van der Waals surface area contributed by atoms with Gasteiger partial charge in [-0.2, -0.15) is 0 Å². The Kier molecular flexibility index (Phi) is 5.72. The molecule has 5 heteroatoms. The highest BCUT2D eigenvalue weighted by Gasteiger charge is 2.36. The monoisotopic (exact) mass is 378 g/mol. The van der Waals surface area contributed by atoms with E-state index in [4.69, 9.17) is 4.74 Å². The Labute approximate surface area is 165 Å². The normalized spacial score (nSPS) is 23.2. The van der Waals surface area contributed by atoms with Crippen molar-refractivity contribution in [3.63, 3.8) is 0 Å². The van der Waals surface area contributed by atoms with E-state index >= 15 is 0 Å². The number of ether oxygens (including phenoxy) is 1. The van der Waals surface area contributed by atoms with Crippen LogP contribution in [0, 0.1) is 5.92 Å². The third kappa shape index (κ3) is 4.25. The van der Waals surface area contributed by atoms with Crippen LogP contribution in [0.3, 0.4) is 0 Å². The highest BCUT2D eigenvalue weighted by Crippen LogP contribution is 2.29. The number of rotatable bonds is 6. The molecule has 2 aromatic rings. The molecule has 5 nitrogen and oxygen atoms in total. The third-order valence-corrected chi connectivity index (χ3v) is 5.82. The fourth-order valence-corrected chi connectivity index (χ4v) is 4.23. The van der Waals surface area contributed by atoms with Crippen LogP contribution in [0.4, 0.5) is 4.79 Å². The molecule has 1 N–H and O–H groups in total. The first-order valence-corrected chi connectivity index (χ1v) is 10.0. The average molecular weight is 378 g/mol. The molecule has 3 heterocycles. The Morgan fingerprint density at radius 2 is 1.71 bits per heavy atom. The zero-order valence-corrected chi connectivity index (χ0v) is 16.0. The van der Waals surface area contributed by atoms with Crippen molar-refractivity contribution in [1.29, 1.82) is 0 Å². The Hall–Kier alpha value is -2.66. The van der Waals surface area contributed by atoms with Gasteiger partial charge in [0, 0.05) is 24.2 Å². The molecular weight excluding hydrogens is 352 g/mol. The van der Waals surface area contributed by atoms with Gasteiger partial charge in [-0.15, -0.1) is 0 Å². The maximum absolute atomic E-state index is 12.8. The standard InChI is InChI=1S/C23H26N2O3/c26-22(19-7-2-1-3-8-19)20-9-5-4-6-17(20)10-13-24-23(27)28-21-16-25-14-11-18(21)12-15-25/h1-9,18,21H,10-16H2,(H,24,27)/t21-/m1/s1. The first-order chi connectivity index (χ1) is 13.7. The Morgan fingerprint density at radius 3 is 2.43 bits per heavy atom. The smallest absolute Gasteiger partial charge is 0.407 e. The van der Waals surface area contributed by atoms with Crippen LogP contribution in [0.15, 0.2) is 54.6 Å². The summed E-state index contributed by atoms with van der Waals surface area (Å²) in [5, 5.41) is 2.85. The fraction of sp³-hybridized carbons (Fsp3) is 0.391. The number of benzene rings is 2. The van der Waals surface area contributed by atoms with Gasteiger partial charge in [0.2, 0.25) is 0 Å². The van der Waals surface area contributed by atoms with Crippen LogP contribution in [0.1, 0.15) is 34.3 Å². The first kappa shape index (κ1) is 18.7. The van der Waals surface area contributed by atoms with Crippen molar-refractivity contribution in [2.75, 3.05) is 26.2 Å². The molecule has 3 aliphatic rings. The van der Waals surface area contributed by atoms with E-state index in [0.717, 1.165) is 38.0 Å². The van der Waals surface area contributed by atoms with Crippen molar-refractivity contribution in [2.45, 2.75) is 25.4 Å². The van der Waals surface area contributed by atoms with E-state index in [0.29, 0.717) is 30.0 Å². The predicted molar refractivity (Wildman–Crippen MR) is 107 cm³/mol. The Balaban J connectivity index is 1.32. The number of nitrogens with zero attached hydrogens (tertiary/aromatic N) is 1. The molecule has 0 aliphatic carbocycles. The van der Waals surface area contributed by atoms with E-state index in [9.17, 15) is 9.59 Å². The van der Waals surface area contributed by atoms with E-state index in [1.165, 1.54) is 0 Å². The zero-order chi connectivity index (χ0) is 19.3. The van der Waals surface area contributed by atoms with Crippen LogP contribution in [-0.4, -0.2) is 49.1 Å². The highest BCUT2D eigenvalue weighted by molar-refractivity contribution is 6.09. The second kappa shape index (κ2) is 8.57. The quantitative estimate of drug-likeness (QED) is 0.784. The fourth-order valence-electron chi connectivity index (χ4n) is 4.23. The van der Waals surface area contributed by atoms with Gasteiger partial charge in [-0.3, -0.25) is 9.69 Å². The summed E-state index contributed by atoms with van der Waals surface area (Å²) in [6.45, 7) is 3.54. The maximum Gasteiger partial charge on any atom is 0.407 e. The van der Waals surface area contributed by atoms with Gasteiger partial charge >= 0.3 is 6.09 Å². The summed E-state index contributed by atoms with van der Waals surface area (Å²) < 4.78 is 5.65. The van der Waals surface area contributed by atoms with Gasteiger partial charge in [0.15, 0.2) is 5.78 Å². The lowest BCUT2D eigenvalue weighted by atomic mass is 9.86. The number of carbonyl (C=O) groups is 2. The van der Waals surface area contributed by atoms with E-state index < -0.39 is 0 Å². The van der Waals surface area contributed by atoms with Crippen LogP contribution in [0.25, 0.3) is 0 Å². The molecule has 0 spiro atoms. The van der Waals surface area contributed by atoms with Gasteiger partial charge in [0.25, 0.3) is 0 Å². The SMILES string of the molecule is O=C(NCCc1ccccc1C(=O)c1ccccc1)O[C@@H]1CN2CCC1CC2. The first-order valence-electron chi connectivity index (χ1n) is 10.0. The topological polar surface area (TPSA) is 58.6 Å². The molecule has 2 bridgehead atoms. The highest BCUT2D eigenvalue weighted by atomic mass is 16.6. The predicted octanol–water partition coefficient (Wildman–Crippen LogP) is 3.28. The lowest BCUT2D eigenvalue weighted by molar-refractivity contribution is -0.0330. The molecule has 0 saturated carbocycles. The van der Waals surface area contributed by atoms with Crippen molar-refractivity contribution in [1.82, 2.24) is 10.2 Å². The Bertz CT molecular complexity index is 829. The van der Waals surface area contributed by atoms with Crippen molar-refractivity contribution < 1.29 is 14.3 Å². The second-order valence-corrected chi connectivity index (χ2v) is 7.61. The Morgan fingerprint density at radius 1 is 1.00 bits per heavy atom. The summed E-state index contributed by atoms with van der Waals surface area (Å²) in [7, 11) is 0. The van der Waals surface area contributed by atoms with Crippen LogP contribution >= 0.6 is 0 Å². The molecular formula is C23H26N2O3. The number of ketones is 1. The number of fused-ring (bicyclic) bond motifs is 3. The molecule has 2 aromatic carbocycles. The molecule has 0 unspecified atom stereocenters. The molecule has 3 saturated heterocycles. The van der Waals surface area contributed by atoms with Crippen LogP contribution in [-0.2, 0) is 11.2 Å². The zero-order valence-electron chi connectivity index (χ0n) is 16.0. The molecule has 1 amide bonds. The van der Waals surface area contributed by atoms with Crippen LogP contribution < -0.4 is 5.32 Å². The number of carbonyl (C=O) groups excluding carboxylic acids is 2. The van der Waals surface area contributed by atoms with E-state index in [1.54, 1.807) is 0 Å². The lowest BCUT2D eigenvalue weighted by Crippen LogP contribution is -2.52. The number of amides is 1. The summed E-state index contributed by atoms with van der Waals surface area (Å²) in [6.07, 6.45) is 2.48. The van der Waals surface area contributed by atoms with Gasteiger partial charge in [0.1, 0.15) is 6.10 Å². The molecule has 0 radical (unpaired) electrons. The van der Waals surface area contributed by atoms with Gasteiger partial charge in [0.05, 0.1) is 0 Å². The number of hydrogen-bond donors (Lipinski definition) is 1. The number of hydrogen-bond acceptors (Lipinski definition) is 4. The number of nitrogens with one attached hydrogen (secondary N) is 1. The summed E-state index contributed by atoms with van der Waals surface area (Å²) in [6, 6.07) is 16.8. The minimum Gasteiger partial charge on any atom is -0.445 e. The molecule has 3 fully saturated rings. The summed E-state index contributed by atoms with van der Waals surface area (Å²) in [5.41, 5.74) is 2.28. The van der Waals surface area contributed by atoms with Crippen molar-refractivity contribution in [3.05, 3.63) is 71.3 Å². The van der Waals surface area contributed by atoms with Crippen LogP contribution in [0.2, 0.25) is 0 Å².